The van der Waals surface area contributed by atoms with Crippen LogP contribution in [0.4, 0.5) is 5.69 Å². The molecule has 6 heteroatoms. The summed E-state index contributed by atoms with van der Waals surface area (Å²) in [5, 5.41) is 2.83. The molecule has 0 aromatic heterocycles. The minimum absolute atomic E-state index is 0.0304. The molecule has 1 saturated heterocycles. The minimum atomic E-state index is -0.122. The highest BCUT2D eigenvalue weighted by Gasteiger charge is 2.66. The fraction of sp³-hybridized carbons (Fsp3) is 0.520. The number of nitrogens with zero attached hydrogens (tertiary/aromatic N) is 1. The lowest BCUT2D eigenvalue weighted by Gasteiger charge is -2.37. The van der Waals surface area contributed by atoms with Crippen LogP contribution >= 0.6 is 0 Å². The monoisotopic (exact) mass is 420 g/mol. The first-order valence-electron chi connectivity index (χ1n) is 11.4. The Hall–Kier alpha value is -2.76. The van der Waals surface area contributed by atoms with Crippen molar-refractivity contribution in [1.82, 2.24) is 4.90 Å². The van der Waals surface area contributed by atoms with Gasteiger partial charge < -0.3 is 5.32 Å². The van der Waals surface area contributed by atoms with Gasteiger partial charge >= 0.3 is 0 Å². The molecular weight excluding hydrogens is 392 g/mol. The van der Waals surface area contributed by atoms with Crippen LogP contribution in [0, 0.1) is 35.5 Å². The van der Waals surface area contributed by atoms with Gasteiger partial charge in [-0.05, 0) is 62.0 Å². The van der Waals surface area contributed by atoms with Gasteiger partial charge in [-0.15, -0.1) is 0 Å². The van der Waals surface area contributed by atoms with Gasteiger partial charge in [-0.25, -0.2) is 0 Å². The number of rotatable bonds is 8. The predicted molar refractivity (Wildman–Crippen MR) is 115 cm³/mol. The maximum absolute atomic E-state index is 12.9. The van der Waals surface area contributed by atoms with Gasteiger partial charge in [0.2, 0.25) is 17.7 Å². The Bertz CT molecular complexity index is 947. The van der Waals surface area contributed by atoms with E-state index in [-0.39, 0.29) is 47.2 Å². The number of nitrogens with one attached hydrogen (secondary N) is 1. The van der Waals surface area contributed by atoms with Gasteiger partial charge in [0.15, 0.2) is 5.78 Å². The number of anilines is 1. The summed E-state index contributed by atoms with van der Waals surface area (Å²) in [7, 11) is 0. The molecule has 0 unspecified atom stereocenters. The largest absolute Gasteiger partial charge is 0.326 e. The summed E-state index contributed by atoms with van der Waals surface area (Å²) in [5.41, 5.74) is 1.19. The van der Waals surface area contributed by atoms with E-state index in [1.165, 1.54) is 18.2 Å². The van der Waals surface area contributed by atoms with E-state index in [1.807, 2.05) is 0 Å². The van der Waals surface area contributed by atoms with Crippen LogP contribution in [0.1, 0.15) is 49.4 Å². The molecule has 6 nitrogen and oxygen atoms in total. The quantitative estimate of drug-likeness (QED) is 0.302. The summed E-state index contributed by atoms with van der Waals surface area (Å²) in [5.74, 6) is 1.48. The first-order valence-corrected chi connectivity index (χ1v) is 11.4. The number of amides is 3. The molecule has 6 atom stereocenters. The number of hydrogen-bond acceptors (Lipinski definition) is 4. The van der Waals surface area contributed by atoms with Gasteiger partial charge in [-0.1, -0.05) is 30.7 Å². The molecule has 1 aromatic rings. The second kappa shape index (κ2) is 7.74. The molecule has 2 bridgehead atoms. The van der Waals surface area contributed by atoms with Crippen molar-refractivity contribution in [2.45, 2.75) is 39.0 Å². The number of hydrogen-bond donors (Lipinski definition) is 1. The zero-order chi connectivity index (χ0) is 21.7. The first-order chi connectivity index (χ1) is 15.0. The number of Topliss-reactive ketones (excluding diaryl/α,β-unsaturated/α-hetero) is 1. The SMILES string of the molecule is CC(=O)c1cccc(NC(=O)CCCCCN2C(=O)[C@@H]3[C@@H]4C=C[C@H]([C@H]5C[C@H]45)[C@@H]3C2=O)c1. The average molecular weight is 421 g/mol. The lowest BCUT2D eigenvalue weighted by atomic mass is 9.63. The average Bonchev–Trinajstić information content (AvgIpc) is 3.53. The van der Waals surface area contributed by atoms with Gasteiger partial charge in [0.05, 0.1) is 11.8 Å². The normalized spacial score (nSPS) is 32.1. The maximum atomic E-state index is 12.9. The third kappa shape index (κ3) is 3.52. The van der Waals surface area contributed by atoms with E-state index in [1.54, 1.807) is 24.3 Å². The molecule has 0 radical (unpaired) electrons. The topological polar surface area (TPSA) is 83.6 Å². The molecule has 2 saturated carbocycles. The molecule has 1 aliphatic heterocycles. The molecule has 3 fully saturated rings. The third-order valence-corrected chi connectivity index (χ3v) is 7.59. The van der Waals surface area contributed by atoms with Gasteiger partial charge in [0, 0.05) is 24.2 Å². The van der Waals surface area contributed by atoms with E-state index < -0.39 is 0 Å². The van der Waals surface area contributed by atoms with Crippen LogP contribution in [0.2, 0.25) is 0 Å². The Kier molecular flexibility index (Phi) is 5.03. The van der Waals surface area contributed by atoms with E-state index in [0.29, 0.717) is 42.5 Å². The first kappa shape index (κ1) is 20.2. The molecular formula is C25H28N2O4. The van der Waals surface area contributed by atoms with E-state index in [9.17, 15) is 19.2 Å². The summed E-state index contributed by atoms with van der Waals surface area (Å²) in [6, 6.07) is 6.91. The number of allylic oxidation sites excluding steroid dienone is 2. The smallest absolute Gasteiger partial charge is 0.233 e. The van der Waals surface area contributed by atoms with Gasteiger partial charge in [-0.2, -0.15) is 0 Å². The van der Waals surface area contributed by atoms with Gasteiger partial charge in [0.1, 0.15) is 0 Å². The molecule has 6 rings (SSSR count). The Morgan fingerprint density at radius 3 is 2.32 bits per heavy atom. The zero-order valence-electron chi connectivity index (χ0n) is 17.8. The maximum Gasteiger partial charge on any atom is 0.233 e. The Balaban J connectivity index is 1.07. The summed E-state index contributed by atoms with van der Waals surface area (Å²) >= 11 is 0. The molecule has 0 spiro atoms. The summed E-state index contributed by atoms with van der Waals surface area (Å²) in [4.78, 5) is 51.0. The van der Waals surface area contributed by atoms with Gasteiger partial charge in [0.25, 0.3) is 0 Å². The number of benzene rings is 1. The molecule has 5 aliphatic rings. The summed E-state index contributed by atoms with van der Waals surface area (Å²) < 4.78 is 0. The van der Waals surface area contributed by atoms with Crippen LogP contribution in [0.3, 0.4) is 0 Å². The number of unbranched alkanes of at least 4 members (excludes halogenated alkanes) is 2. The number of ketones is 1. The molecule has 1 aromatic carbocycles. The second-order valence-corrected chi connectivity index (χ2v) is 9.48. The van der Waals surface area contributed by atoms with Crippen molar-refractivity contribution in [3.8, 4) is 0 Å². The second-order valence-electron chi connectivity index (χ2n) is 9.48. The predicted octanol–water partition coefficient (Wildman–Crippen LogP) is 3.44. The number of carbonyl (C=O) groups excluding carboxylic acids is 4. The van der Waals surface area contributed by atoms with Crippen molar-refractivity contribution in [2.75, 3.05) is 11.9 Å². The van der Waals surface area contributed by atoms with Crippen LogP contribution in [0.15, 0.2) is 36.4 Å². The highest BCUT2D eigenvalue weighted by Crippen LogP contribution is 2.65. The van der Waals surface area contributed by atoms with E-state index in [2.05, 4.69) is 17.5 Å². The van der Waals surface area contributed by atoms with E-state index >= 15 is 0 Å². The van der Waals surface area contributed by atoms with Crippen molar-refractivity contribution in [3.63, 3.8) is 0 Å². The Labute approximate surface area is 182 Å². The number of carbonyl (C=O) groups is 4. The minimum Gasteiger partial charge on any atom is -0.326 e. The molecule has 1 N–H and O–H groups in total. The summed E-state index contributed by atoms with van der Waals surface area (Å²) in [6.07, 6.45) is 8.13. The molecule has 31 heavy (non-hydrogen) atoms. The van der Waals surface area contributed by atoms with Gasteiger partial charge in [-0.3, -0.25) is 24.1 Å². The van der Waals surface area contributed by atoms with Crippen molar-refractivity contribution < 1.29 is 19.2 Å². The van der Waals surface area contributed by atoms with Crippen LogP contribution in [0.25, 0.3) is 0 Å². The Morgan fingerprint density at radius 1 is 1.00 bits per heavy atom. The summed E-state index contributed by atoms with van der Waals surface area (Å²) in [6.45, 7) is 1.96. The van der Waals surface area contributed by atoms with Crippen molar-refractivity contribution >= 4 is 29.2 Å². The molecule has 3 amide bonds. The zero-order valence-corrected chi connectivity index (χ0v) is 17.8. The molecule has 162 valence electrons. The van der Waals surface area contributed by atoms with Crippen molar-refractivity contribution in [3.05, 3.63) is 42.0 Å². The standard InChI is InChI=1S/C25H28N2O4/c1-14(28)15-6-5-7-16(12-15)26-21(29)8-3-2-4-11-27-24(30)22-17-9-10-18(20-13-19(17)20)23(22)25(27)31/h5-7,9-10,12,17-20,22-23H,2-4,8,11,13H2,1H3,(H,26,29)/t17-,18-,19-,20-,22-,23+/m1/s1. The van der Waals surface area contributed by atoms with E-state index in [0.717, 1.165) is 12.8 Å². The van der Waals surface area contributed by atoms with Crippen molar-refractivity contribution in [1.29, 1.82) is 0 Å². The lowest BCUT2D eigenvalue weighted by molar-refractivity contribution is -0.140. The van der Waals surface area contributed by atoms with Crippen molar-refractivity contribution in [2.24, 2.45) is 35.5 Å². The highest BCUT2D eigenvalue weighted by atomic mass is 16.2. The van der Waals surface area contributed by atoms with Crippen LogP contribution < -0.4 is 5.32 Å². The number of imide groups is 1. The molecule has 4 aliphatic carbocycles. The van der Waals surface area contributed by atoms with E-state index in [4.69, 9.17) is 0 Å². The lowest BCUT2D eigenvalue weighted by Crippen LogP contribution is -2.40. The van der Waals surface area contributed by atoms with Crippen LogP contribution in [-0.2, 0) is 14.4 Å². The number of likely N-dealkylation sites (tertiary alicyclic amines) is 1. The van der Waals surface area contributed by atoms with Crippen LogP contribution in [0.5, 0.6) is 0 Å². The molecule has 1 heterocycles. The van der Waals surface area contributed by atoms with Crippen LogP contribution in [-0.4, -0.2) is 34.9 Å². The third-order valence-electron chi connectivity index (χ3n) is 7.59. The Morgan fingerprint density at radius 2 is 1.68 bits per heavy atom. The fourth-order valence-electron chi connectivity index (χ4n) is 6.01. The fourth-order valence-corrected chi connectivity index (χ4v) is 6.01. The highest BCUT2D eigenvalue weighted by molar-refractivity contribution is 6.06.